The molecule has 1 aromatic heterocycles. The summed E-state index contributed by atoms with van der Waals surface area (Å²) in [7, 11) is 0. The second-order valence-corrected chi connectivity index (χ2v) is 7.26. The molecular weight excluding hydrogens is 292 g/mol. The van der Waals surface area contributed by atoms with Crippen molar-refractivity contribution in [3.63, 3.8) is 0 Å². The average molecular weight is 316 g/mol. The highest BCUT2D eigenvalue weighted by atomic mass is 16.5. The summed E-state index contributed by atoms with van der Waals surface area (Å²) in [6.07, 6.45) is 8.88. The van der Waals surface area contributed by atoms with Crippen LogP contribution < -0.4 is 10.2 Å². The molecule has 1 aliphatic carbocycles. The summed E-state index contributed by atoms with van der Waals surface area (Å²) in [6, 6.07) is 1.83. The Bertz CT molecular complexity index is 545. The van der Waals surface area contributed by atoms with Crippen LogP contribution in [0.4, 0.5) is 5.95 Å². The van der Waals surface area contributed by atoms with E-state index >= 15 is 0 Å². The lowest BCUT2D eigenvalue weighted by molar-refractivity contribution is -0.125. The maximum Gasteiger partial charge on any atom is 0.225 e. The number of anilines is 1. The number of nitrogens with one attached hydrogen (secondary N) is 1. The van der Waals surface area contributed by atoms with Crippen molar-refractivity contribution in [2.24, 2.45) is 11.8 Å². The van der Waals surface area contributed by atoms with Crippen molar-refractivity contribution in [1.82, 2.24) is 15.3 Å². The van der Waals surface area contributed by atoms with Gasteiger partial charge in [0.25, 0.3) is 0 Å². The van der Waals surface area contributed by atoms with Gasteiger partial charge in [-0.25, -0.2) is 9.97 Å². The molecule has 124 valence electrons. The van der Waals surface area contributed by atoms with Crippen molar-refractivity contribution in [2.45, 2.75) is 37.7 Å². The first kappa shape index (κ1) is 14.9. The predicted molar refractivity (Wildman–Crippen MR) is 86.0 cm³/mol. The van der Waals surface area contributed by atoms with Gasteiger partial charge < -0.3 is 15.0 Å². The summed E-state index contributed by atoms with van der Waals surface area (Å²) in [5.74, 6) is 2.10. The highest BCUT2D eigenvalue weighted by Gasteiger charge is 2.47. The normalized spacial score (nSPS) is 25.9. The van der Waals surface area contributed by atoms with Gasteiger partial charge in [0.2, 0.25) is 11.9 Å². The van der Waals surface area contributed by atoms with Crippen molar-refractivity contribution in [1.29, 1.82) is 0 Å². The summed E-state index contributed by atoms with van der Waals surface area (Å²) in [5, 5.41) is 3.07. The molecule has 1 aromatic rings. The summed E-state index contributed by atoms with van der Waals surface area (Å²) in [6.45, 7) is 3.25. The molecule has 0 bridgehead atoms. The van der Waals surface area contributed by atoms with Crippen molar-refractivity contribution in [3.8, 4) is 0 Å². The fraction of sp³-hybridized carbons (Fsp3) is 0.706. The third-order valence-corrected chi connectivity index (χ3v) is 5.19. The lowest BCUT2D eigenvalue weighted by Crippen LogP contribution is -2.65. The van der Waals surface area contributed by atoms with E-state index in [0.717, 1.165) is 45.0 Å². The lowest BCUT2D eigenvalue weighted by Gasteiger charge is -2.52. The van der Waals surface area contributed by atoms with Crippen LogP contribution in [-0.2, 0) is 9.53 Å². The minimum absolute atomic E-state index is 0.0201. The highest BCUT2D eigenvalue weighted by molar-refractivity contribution is 5.76. The first-order chi connectivity index (χ1) is 11.2. The van der Waals surface area contributed by atoms with Gasteiger partial charge in [0.15, 0.2) is 0 Å². The Labute approximate surface area is 136 Å². The SMILES string of the molecule is O=C(CC1CC1)NC[C@@H]1CCC2(CN(c3ncccn3)C2)OC1. The monoisotopic (exact) mass is 316 g/mol. The predicted octanol–water partition coefficient (Wildman–Crippen LogP) is 1.38. The van der Waals surface area contributed by atoms with Crippen LogP contribution in [0, 0.1) is 11.8 Å². The number of ether oxygens (including phenoxy) is 1. The molecule has 6 nitrogen and oxygen atoms in total. The Balaban J connectivity index is 1.19. The molecule has 1 spiro atoms. The molecule has 1 atom stereocenters. The molecule has 6 heteroatoms. The molecule has 3 fully saturated rings. The number of rotatable bonds is 5. The zero-order valence-electron chi connectivity index (χ0n) is 13.4. The lowest BCUT2D eigenvalue weighted by atomic mass is 9.83. The van der Waals surface area contributed by atoms with E-state index in [1.807, 2.05) is 6.07 Å². The molecule has 2 saturated heterocycles. The largest absolute Gasteiger partial charge is 0.371 e. The molecular formula is C17H24N4O2. The fourth-order valence-corrected chi connectivity index (χ4v) is 3.49. The average Bonchev–Trinajstić information content (AvgIpc) is 3.36. The zero-order chi connectivity index (χ0) is 15.7. The minimum atomic E-state index is -0.0201. The summed E-state index contributed by atoms with van der Waals surface area (Å²) in [5.41, 5.74) is -0.0201. The van der Waals surface area contributed by atoms with E-state index in [4.69, 9.17) is 4.74 Å². The van der Waals surface area contributed by atoms with Crippen LogP contribution in [0.2, 0.25) is 0 Å². The number of hydrogen-bond acceptors (Lipinski definition) is 5. The number of nitrogens with zero attached hydrogens (tertiary/aromatic N) is 3. The van der Waals surface area contributed by atoms with Crippen molar-refractivity contribution in [3.05, 3.63) is 18.5 Å². The third kappa shape index (κ3) is 3.47. The van der Waals surface area contributed by atoms with Crippen molar-refractivity contribution < 1.29 is 9.53 Å². The van der Waals surface area contributed by atoms with Crippen LogP contribution in [0.5, 0.6) is 0 Å². The van der Waals surface area contributed by atoms with Gasteiger partial charge in [-0.2, -0.15) is 0 Å². The smallest absolute Gasteiger partial charge is 0.225 e. The van der Waals surface area contributed by atoms with E-state index in [-0.39, 0.29) is 11.5 Å². The van der Waals surface area contributed by atoms with Gasteiger partial charge in [-0.15, -0.1) is 0 Å². The summed E-state index contributed by atoms with van der Waals surface area (Å²) < 4.78 is 6.14. The Kier molecular flexibility index (Phi) is 3.93. The van der Waals surface area contributed by atoms with Crippen LogP contribution in [0.1, 0.15) is 32.1 Å². The molecule has 0 unspecified atom stereocenters. The van der Waals surface area contributed by atoms with Crippen LogP contribution in [-0.4, -0.2) is 47.7 Å². The van der Waals surface area contributed by atoms with E-state index in [0.29, 0.717) is 18.3 Å². The molecule has 0 aromatic carbocycles. The second-order valence-electron chi connectivity index (χ2n) is 7.26. The van der Waals surface area contributed by atoms with E-state index < -0.39 is 0 Å². The number of amides is 1. The quantitative estimate of drug-likeness (QED) is 0.889. The van der Waals surface area contributed by atoms with E-state index in [1.54, 1.807) is 12.4 Å². The second kappa shape index (κ2) is 6.07. The molecule has 3 aliphatic rings. The first-order valence-electron chi connectivity index (χ1n) is 8.65. The molecule has 3 heterocycles. The van der Waals surface area contributed by atoms with Gasteiger partial charge in [0.1, 0.15) is 5.60 Å². The Morgan fingerprint density at radius 1 is 1.26 bits per heavy atom. The molecule has 23 heavy (non-hydrogen) atoms. The van der Waals surface area contributed by atoms with E-state index in [2.05, 4.69) is 20.2 Å². The number of hydrogen-bond donors (Lipinski definition) is 1. The van der Waals surface area contributed by atoms with Crippen LogP contribution in [0.25, 0.3) is 0 Å². The Hall–Kier alpha value is -1.69. The van der Waals surface area contributed by atoms with Crippen LogP contribution in [0.15, 0.2) is 18.5 Å². The highest BCUT2D eigenvalue weighted by Crippen LogP contribution is 2.37. The van der Waals surface area contributed by atoms with Gasteiger partial charge in [-0.05, 0) is 43.6 Å². The van der Waals surface area contributed by atoms with Crippen molar-refractivity contribution >= 4 is 11.9 Å². The standard InChI is InChI=1S/C17H24N4O2/c22-15(8-13-2-3-13)20-9-14-4-5-17(23-10-14)11-21(12-17)16-18-6-1-7-19-16/h1,6-7,13-14H,2-5,8-12H2,(H,20,22)/t14-/m0/s1. The van der Waals surface area contributed by atoms with Crippen LogP contribution >= 0.6 is 0 Å². The molecule has 2 aliphatic heterocycles. The molecule has 1 saturated carbocycles. The van der Waals surface area contributed by atoms with Gasteiger partial charge >= 0.3 is 0 Å². The van der Waals surface area contributed by atoms with Gasteiger partial charge in [-0.3, -0.25) is 4.79 Å². The minimum Gasteiger partial charge on any atom is -0.371 e. The molecule has 1 amide bonds. The summed E-state index contributed by atoms with van der Waals surface area (Å²) in [4.78, 5) is 22.5. The van der Waals surface area contributed by atoms with Gasteiger partial charge in [0, 0.05) is 25.4 Å². The maximum absolute atomic E-state index is 11.8. The van der Waals surface area contributed by atoms with Crippen molar-refractivity contribution in [2.75, 3.05) is 31.1 Å². The molecule has 0 radical (unpaired) electrons. The van der Waals surface area contributed by atoms with E-state index in [1.165, 1.54) is 12.8 Å². The molecule has 1 N–H and O–H groups in total. The number of carbonyl (C=O) groups is 1. The molecule has 4 rings (SSSR count). The van der Waals surface area contributed by atoms with E-state index in [9.17, 15) is 4.79 Å². The topological polar surface area (TPSA) is 67.4 Å². The fourth-order valence-electron chi connectivity index (χ4n) is 3.49. The zero-order valence-corrected chi connectivity index (χ0v) is 13.4. The number of carbonyl (C=O) groups excluding carboxylic acids is 1. The van der Waals surface area contributed by atoms with Crippen LogP contribution in [0.3, 0.4) is 0 Å². The number of aromatic nitrogens is 2. The first-order valence-corrected chi connectivity index (χ1v) is 8.65. The Morgan fingerprint density at radius 2 is 2.04 bits per heavy atom. The third-order valence-electron chi connectivity index (χ3n) is 5.19. The van der Waals surface area contributed by atoms with Gasteiger partial charge in [0.05, 0.1) is 19.7 Å². The van der Waals surface area contributed by atoms with Gasteiger partial charge in [-0.1, -0.05) is 0 Å². The maximum atomic E-state index is 11.8. The Morgan fingerprint density at radius 3 is 2.70 bits per heavy atom. The summed E-state index contributed by atoms with van der Waals surface area (Å²) >= 11 is 0.